The number of fused-ring (bicyclic) bond motifs is 1. The van der Waals surface area contributed by atoms with Crippen LogP contribution in [0.2, 0.25) is 0 Å². The summed E-state index contributed by atoms with van der Waals surface area (Å²) in [5.41, 5.74) is 3.10. The highest BCUT2D eigenvalue weighted by atomic mass is 16.5. The van der Waals surface area contributed by atoms with Crippen molar-refractivity contribution in [1.82, 2.24) is 19.7 Å². The monoisotopic (exact) mass is 302 g/mol. The maximum Gasteiger partial charge on any atom is 0.250 e. The minimum atomic E-state index is 0.494. The second-order valence-electron chi connectivity index (χ2n) is 5.15. The summed E-state index contributed by atoms with van der Waals surface area (Å²) in [6.07, 6.45) is 5.56. The van der Waals surface area contributed by atoms with Crippen LogP contribution in [-0.4, -0.2) is 19.7 Å². The van der Waals surface area contributed by atoms with Crippen molar-refractivity contribution in [3.05, 3.63) is 78.2 Å². The first-order valence-corrected chi connectivity index (χ1v) is 7.34. The van der Waals surface area contributed by atoms with Crippen LogP contribution < -0.4 is 0 Å². The van der Waals surface area contributed by atoms with E-state index in [1.807, 2.05) is 71.3 Å². The van der Waals surface area contributed by atoms with E-state index in [0.717, 1.165) is 16.6 Å². The van der Waals surface area contributed by atoms with Crippen molar-refractivity contribution in [3.63, 3.8) is 0 Å². The molecule has 5 heteroatoms. The average molecular weight is 302 g/mol. The number of hydrogen-bond acceptors (Lipinski definition) is 4. The van der Waals surface area contributed by atoms with E-state index in [-0.39, 0.29) is 0 Å². The Morgan fingerprint density at radius 3 is 2.70 bits per heavy atom. The molecule has 112 valence electrons. The molecule has 2 aromatic carbocycles. The Morgan fingerprint density at radius 1 is 0.957 bits per heavy atom. The maximum atomic E-state index is 5.27. The van der Waals surface area contributed by atoms with Crippen molar-refractivity contribution < 1.29 is 4.52 Å². The lowest BCUT2D eigenvalue weighted by molar-refractivity contribution is 0.402. The molecule has 5 nitrogen and oxygen atoms in total. The number of imidazole rings is 1. The molecular weight excluding hydrogens is 288 g/mol. The third-order valence-electron chi connectivity index (χ3n) is 3.54. The van der Waals surface area contributed by atoms with Crippen LogP contribution in [0.5, 0.6) is 0 Å². The molecule has 2 heterocycles. The van der Waals surface area contributed by atoms with Crippen LogP contribution in [-0.2, 0) is 6.54 Å². The first kappa shape index (κ1) is 13.5. The van der Waals surface area contributed by atoms with E-state index >= 15 is 0 Å². The van der Waals surface area contributed by atoms with Gasteiger partial charge in [0.15, 0.2) is 5.82 Å². The van der Waals surface area contributed by atoms with Crippen molar-refractivity contribution in [1.29, 1.82) is 0 Å². The van der Waals surface area contributed by atoms with Gasteiger partial charge >= 0.3 is 0 Å². The fourth-order valence-corrected chi connectivity index (χ4v) is 2.42. The van der Waals surface area contributed by atoms with Gasteiger partial charge in [-0.15, -0.1) is 0 Å². The van der Waals surface area contributed by atoms with E-state index in [1.165, 1.54) is 0 Å². The van der Waals surface area contributed by atoms with E-state index in [0.29, 0.717) is 18.3 Å². The molecule has 4 aromatic rings. The SMILES string of the molecule is C(=C\c1nc(Cn2cnc3ccccc32)no1)/c1ccccc1. The molecule has 0 N–H and O–H groups in total. The molecule has 0 aliphatic carbocycles. The quantitative estimate of drug-likeness (QED) is 0.577. The summed E-state index contributed by atoms with van der Waals surface area (Å²) in [5, 5.41) is 4.02. The second kappa shape index (κ2) is 5.88. The Hall–Kier alpha value is -3.21. The van der Waals surface area contributed by atoms with Crippen molar-refractivity contribution >= 4 is 23.2 Å². The Bertz CT molecular complexity index is 953. The number of para-hydroxylation sites is 2. The van der Waals surface area contributed by atoms with Gasteiger partial charge in [0.05, 0.1) is 23.9 Å². The second-order valence-corrected chi connectivity index (χ2v) is 5.15. The number of nitrogens with zero attached hydrogens (tertiary/aromatic N) is 4. The summed E-state index contributed by atoms with van der Waals surface area (Å²) in [5.74, 6) is 1.12. The molecule has 0 saturated carbocycles. The predicted octanol–water partition coefficient (Wildman–Crippen LogP) is 3.64. The first-order chi connectivity index (χ1) is 11.4. The molecule has 0 spiro atoms. The van der Waals surface area contributed by atoms with E-state index in [4.69, 9.17) is 4.52 Å². The van der Waals surface area contributed by atoms with Gasteiger partial charge in [-0.05, 0) is 23.8 Å². The zero-order valence-corrected chi connectivity index (χ0v) is 12.3. The highest BCUT2D eigenvalue weighted by Gasteiger charge is 2.07. The molecule has 0 amide bonds. The highest BCUT2D eigenvalue weighted by molar-refractivity contribution is 5.75. The highest BCUT2D eigenvalue weighted by Crippen LogP contribution is 2.13. The smallest absolute Gasteiger partial charge is 0.250 e. The molecule has 0 aliphatic rings. The summed E-state index contributed by atoms with van der Waals surface area (Å²) in [7, 11) is 0. The summed E-state index contributed by atoms with van der Waals surface area (Å²) >= 11 is 0. The molecule has 2 aromatic heterocycles. The first-order valence-electron chi connectivity index (χ1n) is 7.34. The van der Waals surface area contributed by atoms with Crippen LogP contribution in [0.3, 0.4) is 0 Å². The van der Waals surface area contributed by atoms with Crippen LogP contribution >= 0.6 is 0 Å². The van der Waals surface area contributed by atoms with Gasteiger partial charge in [-0.2, -0.15) is 4.98 Å². The fraction of sp³-hybridized carbons (Fsp3) is 0.0556. The standard InChI is InChI=1S/C18H14N4O/c1-2-6-14(7-3-1)10-11-18-20-17(21-23-18)12-22-13-19-15-8-4-5-9-16(15)22/h1-11,13H,12H2/b11-10+. The Morgan fingerprint density at radius 2 is 1.78 bits per heavy atom. The summed E-state index contributed by atoms with van der Waals surface area (Å²) in [6, 6.07) is 18.0. The number of rotatable bonds is 4. The van der Waals surface area contributed by atoms with Crippen molar-refractivity contribution in [2.24, 2.45) is 0 Å². The maximum absolute atomic E-state index is 5.27. The van der Waals surface area contributed by atoms with Crippen LogP contribution in [0, 0.1) is 0 Å². The summed E-state index contributed by atoms with van der Waals surface area (Å²) < 4.78 is 7.27. The molecule has 0 atom stereocenters. The molecule has 0 radical (unpaired) electrons. The molecule has 4 rings (SSSR count). The predicted molar refractivity (Wildman–Crippen MR) is 88.5 cm³/mol. The Balaban J connectivity index is 1.53. The third kappa shape index (κ3) is 2.89. The zero-order chi connectivity index (χ0) is 15.5. The van der Waals surface area contributed by atoms with Gasteiger partial charge < -0.3 is 9.09 Å². The van der Waals surface area contributed by atoms with Gasteiger partial charge in [-0.1, -0.05) is 47.6 Å². The van der Waals surface area contributed by atoms with Gasteiger partial charge in [0, 0.05) is 6.08 Å². The minimum absolute atomic E-state index is 0.494. The van der Waals surface area contributed by atoms with Crippen LogP contribution in [0.4, 0.5) is 0 Å². The average Bonchev–Trinajstić information content (AvgIpc) is 3.22. The van der Waals surface area contributed by atoms with Crippen LogP contribution in [0.15, 0.2) is 65.4 Å². The Kier molecular flexibility index (Phi) is 3.44. The van der Waals surface area contributed by atoms with Crippen LogP contribution in [0.25, 0.3) is 23.2 Å². The molecule has 23 heavy (non-hydrogen) atoms. The number of hydrogen-bond donors (Lipinski definition) is 0. The fourth-order valence-electron chi connectivity index (χ4n) is 2.42. The lowest BCUT2D eigenvalue weighted by atomic mass is 10.2. The van der Waals surface area contributed by atoms with Crippen molar-refractivity contribution in [3.8, 4) is 0 Å². The zero-order valence-electron chi connectivity index (χ0n) is 12.3. The minimum Gasteiger partial charge on any atom is -0.335 e. The van der Waals surface area contributed by atoms with Gasteiger partial charge in [-0.3, -0.25) is 0 Å². The molecule has 0 bridgehead atoms. The van der Waals surface area contributed by atoms with E-state index in [2.05, 4.69) is 15.1 Å². The lowest BCUT2D eigenvalue weighted by Gasteiger charge is -1.98. The topological polar surface area (TPSA) is 56.7 Å². The molecule has 0 saturated heterocycles. The van der Waals surface area contributed by atoms with Gasteiger partial charge in [0.2, 0.25) is 0 Å². The third-order valence-corrected chi connectivity index (χ3v) is 3.54. The van der Waals surface area contributed by atoms with Crippen molar-refractivity contribution in [2.75, 3.05) is 0 Å². The van der Waals surface area contributed by atoms with E-state index < -0.39 is 0 Å². The van der Waals surface area contributed by atoms with Gasteiger partial charge in [0.25, 0.3) is 5.89 Å². The molecule has 0 fully saturated rings. The van der Waals surface area contributed by atoms with E-state index in [9.17, 15) is 0 Å². The largest absolute Gasteiger partial charge is 0.335 e. The summed E-state index contributed by atoms with van der Waals surface area (Å²) in [4.78, 5) is 8.75. The van der Waals surface area contributed by atoms with E-state index in [1.54, 1.807) is 6.33 Å². The Labute approximate surface area is 132 Å². The number of benzene rings is 2. The van der Waals surface area contributed by atoms with Crippen LogP contribution in [0.1, 0.15) is 17.3 Å². The molecular formula is C18H14N4O. The summed E-state index contributed by atoms with van der Waals surface area (Å²) in [6.45, 7) is 0.531. The lowest BCUT2D eigenvalue weighted by Crippen LogP contribution is -1.99. The normalized spacial score (nSPS) is 11.5. The van der Waals surface area contributed by atoms with Gasteiger partial charge in [0.1, 0.15) is 0 Å². The molecule has 0 unspecified atom stereocenters. The molecule has 0 aliphatic heterocycles. The number of aromatic nitrogens is 4. The van der Waals surface area contributed by atoms with Crippen molar-refractivity contribution in [2.45, 2.75) is 6.54 Å². The van der Waals surface area contributed by atoms with Gasteiger partial charge in [-0.25, -0.2) is 4.98 Å².